The third kappa shape index (κ3) is 3.27. The van der Waals surface area contributed by atoms with Crippen molar-refractivity contribution in [3.63, 3.8) is 0 Å². The monoisotopic (exact) mass is 286 g/mol. The van der Waals surface area contributed by atoms with Gasteiger partial charge in [-0.3, -0.25) is 4.79 Å². The summed E-state index contributed by atoms with van der Waals surface area (Å²) in [5.41, 5.74) is 0.956. The first kappa shape index (κ1) is 16.0. The van der Waals surface area contributed by atoms with Gasteiger partial charge in [0.1, 0.15) is 0 Å². The SMILES string of the molecule is C=CCCC(=O)c1ccc(B2OC(C)(C)C(C)(C)O2)cc1. The number of benzene rings is 1. The van der Waals surface area contributed by atoms with Crippen LogP contribution in [0, 0.1) is 0 Å². The van der Waals surface area contributed by atoms with E-state index in [-0.39, 0.29) is 24.1 Å². The minimum atomic E-state index is -0.382. The van der Waals surface area contributed by atoms with Crippen molar-refractivity contribution in [2.24, 2.45) is 0 Å². The second kappa shape index (κ2) is 5.78. The highest BCUT2D eigenvalue weighted by molar-refractivity contribution is 6.62. The van der Waals surface area contributed by atoms with Gasteiger partial charge in [0.2, 0.25) is 0 Å². The van der Waals surface area contributed by atoms with Crippen molar-refractivity contribution >= 4 is 18.4 Å². The van der Waals surface area contributed by atoms with Crippen LogP contribution in [0.5, 0.6) is 0 Å². The molecule has 0 aliphatic carbocycles. The van der Waals surface area contributed by atoms with E-state index < -0.39 is 0 Å². The zero-order valence-corrected chi connectivity index (χ0v) is 13.3. The summed E-state index contributed by atoms with van der Waals surface area (Å²) < 4.78 is 12.0. The normalized spacial score (nSPS) is 19.5. The number of allylic oxidation sites excluding steroid dienone is 1. The summed E-state index contributed by atoms with van der Waals surface area (Å²) in [6.07, 6.45) is 2.97. The van der Waals surface area contributed by atoms with Crippen molar-refractivity contribution in [3.8, 4) is 0 Å². The van der Waals surface area contributed by atoms with E-state index >= 15 is 0 Å². The zero-order chi connectivity index (χ0) is 15.7. The highest BCUT2D eigenvalue weighted by atomic mass is 16.7. The van der Waals surface area contributed by atoms with Crippen molar-refractivity contribution in [2.45, 2.75) is 51.7 Å². The fourth-order valence-corrected chi connectivity index (χ4v) is 2.18. The number of carbonyl (C=O) groups excluding carboxylic acids is 1. The molecule has 0 amide bonds. The molecule has 0 spiro atoms. The minimum absolute atomic E-state index is 0.135. The van der Waals surface area contributed by atoms with Gasteiger partial charge >= 0.3 is 7.12 Å². The van der Waals surface area contributed by atoms with Crippen molar-refractivity contribution in [3.05, 3.63) is 42.5 Å². The maximum absolute atomic E-state index is 11.9. The smallest absolute Gasteiger partial charge is 0.399 e. The molecule has 1 heterocycles. The van der Waals surface area contributed by atoms with Crippen molar-refractivity contribution in [2.75, 3.05) is 0 Å². The van der Waals surface area contributed by atoms with Crippen LogP contribution in [-0.2, 0) is 9.31 Å². The summed E-state index contributed by atoms with van der Waals surface area (Å²) in [5.74, 6) is 0.135. The molecule has 0 aromatic heterocycles. The molecule has 0 N–H and O–H groups in total. The van der Waals surface area contributed by atoms with Crippen LogP contribution in [0.4, 0.5) is 0 Å². The Morgan fingerprint density at radius 3 is 2.14 bits per heavy atom. The summed E-state index contributed by atoms with van der Waals surface area (Å²) in [5, 5.41) is 0. The topological polar surface area (TPSA) is 35.5 Å². The molecular formula is C17H23BO3. The van der Waals surface area contributed by atoms with Gasteiger partial charge in [-0.1, -0.05) is 30.3 Å². The molecule has 1 aromatic carbocycles. The molecule has 21 heavy (non-hydrogen) atoms. The van der Waals surface area contributed by atoms with E-state index in [0.29, 0.717) is 12.8 Å². The molecule has 0 unspecified atom stereocenters. The van der Waals surface area contributed by atoms with Crippen LogP contribution in [0.1, 0.15) is 50.9 Å². The lowest BCUT2D eigenvalue weighted by atomic mass is 9.78. The Morgan fingerprint density at radius 2 is 1.67 bits per heavy atom. The largest absolute Gasteiger partial charge is 0.494 e. The van der Waals surface area contributed by atoms with Crippen molar-refractivity contribution in [1.82, 2.24) is 0 Å². The van der Waals surface area contributed by atoms with E-state index in [1.54, 1.807) is 6.08 Å². The molecule has 4 heteroatoms. The number of rotatable bonds is 5. The van der Waals surface area contributed by atoms with E-state index in [2.05, 4.69) is 6.58 Å². The summed E-state index contributed by atoms with van der Waals surface area (Å²) in [4.78, 5) is 11.9. The summed E-state index contributed by atoms with van der Waals surface area (Å²) in [6, 6.07) is 7.49. The fourth-order valence-electron chi connectivity index (χ4n) is 2.18. The lowest BCUT2D eigenvalue weighted by Gasteiger charge is -2.32. The Labute approximate surface area is 127 Å². The molecule has 0 bridgehead atoms. The van der Waals surface area contributed by atoms with Crippen LogP contribution in [0.25, 0.3) is 0 Å². The summed E-state index contributed by atoms with van der Waals surface area (Å²) in [6.45, 7) is 11.7. The lowest BCUT2D eigenvalue weighted by molar-refractivity contribution is 0.00578. The molecular weight excluding hydrogens is 263 g/mol. The van der Waals surface area contributed by atoms with Crippen LogP contribution >= 0.6 is 0 Å². The molecule has 1 aliphatic rings. The molecule has 1 aromatic rings. The Bertz CT molecular complexity index is 515. The maximum atomic E-state index is 11.9. The molecule has 1 aliphatic heterocycles. The van der Waals surface area contributed by atoms with Gasteiger partial charge in [0.25, 0.3) is 0 Å². The highest BCUT2D eigenvalue weighted by Crippen LogP contribution is 2.36. The average molecular weight is 286 g/mol. The first-order valence-corrected chi connectivity index (χ1v) is 7.36. The summed E-state index contributed by atoms with van der Waals surface area (Å²) >= 11 is 0. The average Bonchev–Trinajstić information content (AvgIpc) is 2.65. The van der Waals surface area contributed by atoms with Gasteiger partial charge in [0, 0.05) is 12.0 Å². The Morgan fingerprint density at radius 1 is 1.14 bits per heavy atom. The number of Topliss-reactive ketones (excluding diaryl/α,β-unsaturated/α-hetero) is 1. The minimum Gasteiger partial charge on any atom is -0.399 e. The van der Waals surface area contributed by atoms with E-state index in [0.717, 1.165) is 11.0 Å². The van der Waals surface area contributed by atoms with E-state index in [1.807, 2.05) is 52.0 Å². The second-order valence-corrected chi connectivity index (χ2v) is 6.46. The van der Waals surface area contributed by atoms with Gasteiger partial charge in [0.05, 0.1) is 11.2 Å². The van der Waals surface area contributed by atoms with Gasteiger partial charge in [-0.2, -0.15) is 0 Å². The van der Waals surface area contributed by atoms with Crippen LogP contribution in [0.3, 0.4) is 0 Å². The quantitative estimate of drug-likeness (QED) is 0.474. The molecule has 2 rings (SSSR count). The van der Waals surface area contributed by atoms with Gasteiger partial charge < -0.3 is 9.31 Å². The number of carbonyl (C=O) groups is 1. The van der Waals surface area contributed by atoms with Crippen LogP contribution < -0.4 is 5.46 Å². The highest BCUT2D eigenvalue weighted by Gasteiger charge is 2.51. The molecule has 0 saturated carbocycles. The second-order valence-electron chi connectivity index (χ2n) is 6.46. The Balaban J connectivity index is 2.10. The van der Waals surface area contributed by atoms with Crippen LogP contribution in [0.2, 0.25) is 0 Å². The van der Waals surface area contributed by atoms with Gasteiger partial charge in [-0.05, 0) is 39.6 Å². The standard InChI is InChI=1S/C17H23BO3/c1-6-7-8-15(19)13-9-11-14(12-10-13)18-20-16(2,3)17(4,5)21-18/h6,9-12H,1,7-8H2,2-5H3. The number of hydrogen-bond donors (Lipinski definition) is 0. The van der Waals surface area contributed by atoms with E-state index in [4.69, 9.17) is 9.31 Å². The first-order valence-electron chi connectivity index (χ1n) is 7.36. The maximum Gasteiger partial charge on any atom is 0.494 e. The van der Waals surface area contributed by atoms with Gasteiger partial charge in [-0.15, -0.1) is 6.58 Å². The third-order valence-electron chi connectivity index (χ3n) is 4.33. The predicted molar refractivity (Wildman–Crippen MR) is 85.9 cm³/mol. The molecule has 112 valence electrons. The fraction of sp³-hybridized carbons (Fsp3) is 0.471. The Hall–Kier alpha value is -1.39. The predicted octanol–water partition coefficient (Wildman–Crippen LogP) is 3.13. The van der Waals surface area contributed by atoms with E-state index in [1.165, 1.54) is 0 Å². The first-order chi connectivity index (χ1) is 9.77. The number of hydrogen-bond acceptors (Lipinski definition) is 3. The van der Waals surface area contributed by atoms with E-state index in [9.17, 15) is 4.79 Å². The molecule has 1 fully saturated rings. The molecule has 0 radical (unpaired) electrons. The zero-order valence-electron chi connectivity index (χ0n) is 13.3. The van der Waals surface area contributed by atoms with Gasteiger partial charge in [0.15, 0.2) is 5.78 Å². The number of ketones is 1. The Kier molecular flexibility index (Phi) is 4.40. The van der Waals surface area contributed by atoms with Crippen molar-refractivity contribution < 1.29 is 14.1 Å². The molecule has 1 saturated heterocycles. The molecule has 0 atom stereocenters. The lowest BCUT2D eigenvalue weighted by Crippen LogP contribution is -2.41. The summed E-state index contributed by atoms with van der Waals surface area (Å²) in [7, 11) is -0.382. The van der Waals surface area contributed by atoms with Crippen LogP contribution in [0.15, 0.2) is 36.9 Å². The third-order valence-corrected chi connectivity index (χ3v) is 4.33. The van der Waals surface area contributed by atoms with Crippen molar-refractivity contribution in [1.29, 1.82) is 0 Å². The molecule has 3 nitrogen and oxygen atoms in total. The van der Waals surface area contributed by atoms with Crippen LogP contribution in [-0.4, -0.2) is 24.1 Å². The van der Waals surface area contributed by atoms with Gasteiger partial charge in [-0.25, -0.2) is 0 Å².